The lowest BCUT2D eigenvalue weighted by Crippen LogP contribution is -2.28. The van der Waals surface area contributed by atoms with Crippen molar-refractivity contribution in [3.63, 3.8) is 0 Å². The molecule has 128 valence electrons. The van der Waals surface area contributed by atoms with Gasteiger partial charge in [0.15, 0.2) is 11.5 Å². The van der Waals surface area contributed by atoms with Gasteiger partial charge in [-0.1, -0.05) is 0 Å². The Balaban J connectivity index is 2.16. The van der Waals surface area contributed by atoms with E-state index in [4.69, 9.17) is 14.2 Å². The van der Waals surface area contributed by atoms with E-state index in [-0.39, 0.29) is 5.91 Å². The summed E-state index contributed by atoms with van der Waals surface area (Å²) in [6.45, 7) is 0.597. The van der Waals surface area contributed by atoms with Crippen LogP contribution in [0, 0.1) is 0 Å². The van der Waals surface area contributed by atoms with Gasteiger partial charge in [-0.15, -0.1) is 0 Å². The molecule has 2 rings (SSSR count). The van der Waals surface area contributed by atoms with Gasteiger partial charge in [-0.25, -0.2) is 0 Å². The number of nitrogens with zero attached hydrogens (tertiary/aromatic N) is 2. The fraction of sp³-hybridized carbons (Fsp3) is 0.333. The summed E-state index contributed by atoms with van der Waals surface area (Å²) in [5, 5.41) is 0. The van der Waals surface area contributed by atoms with E-state index in [9.17, 15) is 4.79 Å². The molecule has 0 saturated heterocycles. The first-order valence-corrected chi connectivity index (χ1v) is 7.55. The molecule has 0 unspecified atom stereocenters. The van der Waals surface area contributed by atoms with Gasteiger partial charge in [0.1, 0.15) is 0 Å². The number of pyridine rings is 1. The predicted molar refractivity (Wildman–Crippen MR) is 91.0 cm³/mol. The van der Waals surface area contributed by atoms with Gasteiger partial charge in [-0.3, -0.25) is 9.78 Å². The Morgan fingerprint density at radius 3 is 2.12 bits per heavy atom. The van der Waals surface area contributed by atoms with Gasteiger partial charge in [0.25, 0.3) is 5.91 Å². The van der Waals surface area contributed by atoms with E-state index in [0.717, 1.165) is 12.0 Å². The maximum Gasteiger partial charge on any atom is 0.253 e. The van der Waals surface area contributed by atoms with E-state index >= 15 is 0 Å². The maximum absolute atomic E-state index is 12.7. The third-order valence-corrected chi connectivity index (χ3v) is 3.74. The molecule has 1 aromatic heterocycles. The van der Waals surface area contributed by atoms with Gasteiger partial charge < -0.3 is 19.1 Å². The molecular weight excluding hydrogens is 308 g/mol. The van der Waals surface area contributed by atoms with Crippen LogP contribution in [-0.2, 0) is 6.42 Å². The number of amides is 1. The molecule has 0 aliphatic rings. The number of aromatic nitrogens is 1. The van der Waals surface area contributed by atoms with E-state index in [1.54, 1.807) is 36.5 Å². The van der Waals surface area contributed by atoms with Gasteiger partial charge in [0.2, 0.25) is 5.75 Å². The zero-order valence-corrected chi connectivity index (χ0v) is 14.4. The minimum Gasteiger partial charge on any atom is -0.493 e. The molecule has 0 fully saturated rings. The second-order valence-corrected chi connectivity index (χ2v) is 5.25. The lowest BCUT2D eigenvalue weighted by atomic mass is 10.1. The predicted octanol–water partition coefficient (Wildman–Crippen LogP) is 2.42. The van der Waals surface area contributed by atoms with Crippen LogP contribution in [-0.4, -0.2) is 50.7 Å². The van der Waals surface area contributed by atoms with Crippen molar-refractivity contribution >= 4 is 5.91 Å². The number of carbonyl (C=O) groups excluding carboxylic acids is 1. The maximum atomic E-state index is 12.7. The first-order valence-electron chi connectivity index (χ1n) is 7.55. The van der Waals surface area contributed by atoms with E-state index in [2.05, 4.69) is 4.98 Å². The average molecular weight is 330 g/mol. The number of benzene rings is 1. The third-order valence-electron chi connectivity index (χ3n) is 3.74. The summed E-state index contributed by atoms with van der Waals surface area (Å²) >= 11 is 0. The zero-order chi connectivity index (χ0) is 17.5. The highest BCUT2D eigenvalue weighted by Crippen LogP contribution is 2.38. The van der Waals surface area contributed by atoms with Crippen molar-refractivity contribution in [1.82, 2.24) is 9.88 Å². The Bertz CT molecular complexity index is 664. The topological polar surface area (TPSA) is 60.9 Å². The van der Waals surface area contributed by atoms with Crippen LogP contribution in [0.1, 0.15) is 15.9 Å². The van der Waals surface area contributed by atoms with Crippen LogP contribution >= 0.6 is 0 Å². The summed E-state index contributed by atoms with van der Waals surface area (Å²) in [6.07, 6.45) is 4.25. The Morgan fingerprint density at radius 1 is 1.04 bits per heavy atom. The molecule has 0 spiro atoms. The molecule has 0 N–H and O–H groups in total. The minimum atomic E-state index is -0.108. The summed E-state index contributed by atoms with van der Waals surface area (Å²) in [4.78, 5) is 18.3. The second-order valence-electron chi connectivity index (χ2n) is 5.25. The summed E-state index contributed by atoms with van der Waals surface area (Å²) in [5.41, 5.74) is 1.62. The largest absolute Gasteiger partial charge is 0.493 e. The van der Waals surface area contributed by atoms with Crippen molar-refractivity contribution in [2.75, 3.05) is 34.9 Å². The Morgan fingerprint density at radius 2 is 1.62 bits per heavy atom. The molecule has 0 aliphatic carbocycles. The molecule has 1 aromatic carbocycles. The van der Waals surface area contributed by atoms with E-state index in [1.807, 2.05) is 12.1 Å². The normalized spacial score (nSPS) is 10.2. The molecule has 2 aromatic rings. The number of rotatable bonds is 7. The van der Waals surface area contributed by atoms with Crippen molar-refractivity contribution in [3.8, 4) is 17.2 Å². The second kappa shape index (κ2) is 8.19. The first-order chi connectivity index (χ1) is 11.6. The number of methoxy groups -OCH3 is 3. The average Bonchev–Trinajstić information content (AvgIpc) is 2.64. The molecule has 0 aliphatic heterocycles. The molecule has 0 saturated carbocycles. The summed E-state index contributed by atoms with van der Waals surface area (Å²) in [7, 11) is 6.35. The molecule has 24 heavy (non-hydrogen) atoms. The highest BCUT2D eigenvalue weighted by Gasteiger charge is 2.19. The summed E-state index contributed by atoms with van der Waals surface area (Å²) < 4.78 is 15.9. The number of likely N-dealkylation sites (N-methyl/N-ethyl adjacent to an activating group) is 1. The summed E-state index contributed by atoms with van der Waals surface area (Å²) in [6, 6.07) is 7.20. The van der Waals surface area contributed by atoms with Crippen LogP contribution in [0.5, 0.6) is 17.2 Å². The van der Waals surface area contributed by atoms with E-state index in [1.165, 1.54) is 21.3 Å². The SMILES string of the molecule is COc1cc(C(=O)N(C)CCc2ccncc2)cc(OC)c1OC. The molecule has 0 atom stereocenters. The minimum absolute atomic E-state index is 0.108. The molecule has 6 nitrogen and oxygen atoms in total. The van der Waals surface area contributed by atoms with Gasteiger partial charge in [-0.2, -0.15) is 0 Å². The Labute approximate surface area is 142 Å². The van der Waals surface area contributed by atoms with Crippen LogP contribution < -0.4 is 14.2 Å². The standard InChI is InChI=1S/C18H22N2O4/c1-20(10-7-13-5-8-19-9-6-13)18(21)14-11-15(22-2)17(24-4)16(12-14)23-3/h5-6,8-9,11-12H,7,10H2,1-4H3. The molecular formula is C18H22N2O4. The molecule has 1 amide bonds. The molecule has 0 radical (unpaired) electrons. The van der Waals surface area contributed by atoms with Gasteiger partial charge in [-0.05, 0) is 36.2 Å². The van der Waals surface area contributed by atoms with E-state index in [0.29, 0.717) is 29.4 Å². The summed E-state index contributed by atoms with van der Waals surface area (Å²) in [5.74, 6) is 1.28. The van der Waals surface area contributed by atoms with Crippen molar-refractivity contribution in [2.45, 2.75) is 6.42 Å². The third kappa shape index (κ3) is 3.95. The van der Waals surface area contributed by atoms with Gasteiger partial charge in [0.05, 0.1) is 21.3 Å². The highest BCUT2D eigenvalue weighted by atomic mass is 16.5. The zero-order valence-electron chi connectivity index (χ0n) is 14.4. The Hall–Kier alpha value is -2.76. The number of hydrogen-bond acceptors (Lipinski definition) is 5. The van der Waals surface area contributed by atoms with Crippen LogP contribution in [0.3, 0.4) is 0 Å². The monoisotopic (exact) mass is 330 g/mol. The lowest BCUT2D eigenvalue weighted by Gasteiger charge is -2.19. The quantitative estimate of drug-likeness (QED) is 0.780. The van der Waals surface area contributed by atoms with Crippen molar-refractivity contribution in [3.05, 3.63) is 47.8 Å². The lowest BCUT2D eigenvalue weighted by molar-refractivity contribution is 0.0795. The molecule has 6 heteroatoms. The fourth-order valence-electron chi connectivity index (χ4n) is 2.37. The first kappa shape index (κ1) is 17.6. The van der Waals surface area contributed by atoms with Crippen LogP contribution in [0.25, 0.3) is 0 Å². The van der Waals surface area contributed by atoms with Gasteiger partial charge in [0, 0.05) is 31.5 Å². The molecule has 1 heterocycles. The van der Waals surface area contributed by atoms with Crippen LogP contribution in [0.2, 0.25) is 0 Å². The van der Waals surface area contributed by atoms with Crippen LogP contribution in [0.15, 0.2) is 36.7 Å². The molecule has 0 bridgehead atoms. The number of hydrogen-bond donors (Lipinski definition) is 0. The van der Waals surface area contributed by atoms with Gasteiger partial charge >= 0.3 is 0 Å². The van der Waals surface area contributed by atoms with E-state index < -0.39 is 0 Å². The number of ether oxygens (including phenoxy) is 3. The number of carbonyl (C=O) groups is 1. The smallest absolute Gasteiger partial charge is 0.253 e. The highest BCUT2D eigenvalue weighted by molar-refractivity contribution is 5.95. The van der Waals surface area contributed by atoms with Crippen LogP contribution in [0.4, 0.5) is 0 Å². The Kier molecular flexibility index (Phi) is 6.01. The van der Waals surface area contributed by atoms with Crippen molar-refractivity contribution in [1.29, 1.82) is 0 Å². The van der Waals surface area contributed by atoms with Crippen molar-refractivity contribution < 1.29 is 19.0 Å². The van der Waals surface area contributed by atoms with Crippen molar-refractivity contribution in [2.24, 2.45) is 0 Å². The fourth-order valence-corrected chi connectivity index (χ4v) is 2.37.